The van der Waals surface area contributed by atoms with E-state index in [0.29, 0.717) is 28.6 Å². The number of thiocarbonyl (C=S) groups is 1. The molecular weight excluding hydrogens is 447 g/mol. The van der Waals surface area contributed by atoms with Crippen LogP contribution in [-0.2, 0) is 7.05 Å². The lowest BCUT2D eigenvalue weighted by Crippen LogP contribution is -2.56. The lowest BCUT2D eigenvalue weighted by atomic mass is 9.74. The topological polar surface area (TPSA) is 68.9 Å². The van der Waals surface area contributed by atoms with Gasteiger partial charge in [0.1, 0.15) is 5.82 Å². The van der Waals surface area contributed by atoms with Gasteiger partial charge in [0.2, 0.25) is 0 Å². The maximum Gasteiger partial charge on any atom is 0.170 e. The Morgan fingerprint density at radius 3 is 2.79 bits per heavy atom. The summed E-state index contributed by atoms with van der Waals surface area (Å²) in [6.07, 6.45) is 2.29. The van der Waals surface area contributed by atoms with E-state index < -0.39 is 0 Å². The van der Waals surface area contributed by atoms with Crippen molar-refractivity contribution in [2.24, 2.45) is 13.0 Å². The minimum atomic E-state index is -0.234. The van der Waals surface area contributed by atoms with Crippen LogP contribution in [0.4, 0.5) is 10.1 Å². The lowest BCUT2D eigenvalue weighted by molar-refractivity contribution is 0.0303. The van der Waals surface area contributed by atoms with Gasteiger partial charge in [-0.05, 0) is 86.1 Å². The standard InChI is InChI=1S/C26H27FN6S/c1-32-25(13-24(31-32)18-5-7-20(27)8-6-18)23-16-33-10-9-19(23)12-22(33)15-29-26(34)30-21-4-2-3-17(11-21)14-28/h2-8,11,13,19,22-23H,9-10,12,15-16H2,1H3,(H2,29,30,34)/t19-,22+,23+/m0/s1. The molecule has 6 nitrogen and oxygen atoms in total. The molecule has 6 rings (SSSR count). The Morgan fingerprint density at radius 2 is 2.06 bits per heavy atom. The summed E-state index contributed by atoms with van der Waals surface area (Å²) < 4.78 is 15.3. The minimum absolute atomic E-state index is 0.234. The normalized spacial score (nSPS) is 23.3. The fourth-order valence-corrected chi connectivity index (χ4v) is 5.53. The van der Waals surface area contributed by atoms with Crippen molar-refractivity contribution in [1.82, 2.24) is 20.0 Å². The lowest BCUT2D eigenvalue weighted by Gasteiger charge is -2.50. The molecule has 3 fully saturated rings. The van der Waals surface area contributed by atoms with E-state index in [4.69, 9.17) is 22.6 Å². The maximum atomic E-state index is 13.3. The van der Waals surface area contributed by atoms with E-state index in [0.717, 1.165) is 43.0 Å². The number of hydrogen-bond donors (Lipinski definition) is 2. The third-order valence-corrected chi connectivity index (χ3v) is 7.31. The molecule has 4 atom stereocenters. The molecule has 3 aliphatic heterocycles. The van der Waals surface area contributed by atoms with Gasteiger partial charge < -0.3 is 10.6 Å². The summed E-state index contributed by atoms with van der Waals surface area (Å²) in [5, 5.41) is 20.9. The van der Waals surface area contributed by atoms with Crippen LogP contribution in [-0.4, -0.2) is 45.5 Å². The van der Waals surface area contributed by atoms with E-state index in [2.05, 4.69) is 27.7 Å². The fourth-order valence-electron chi connectivity index (χ4n) is 5.33. The molecule has 3 aliphatic rings. The molecule has 34 heavy (non-hydrogen) atoms. The maximum absolute atomic E-state index is 13.3. The molecule has 8 heteroatoms. The average molecular weight is 475 g/mol. The Morgan fingerprint density at radius 1 is 1.24 bits per heavy atom. The van der Waals surface area contributed by atoms with Crippen LogP contribution in [0.15, 0.2) is 54.6 Å². The van der Waals surface area contributed by atoms with Crippen molar-refractivity contribution in [3.8, 4) is 17.3 Å². The first-order chi connectivity index (χ1) is 16.5. The highest BCUT2D eigenvalue weighted by molar-refractivity contribution is 7.80. The monoisotopic (exact) mass is 474 g/mol. The predicted molar refractivity (Wildman–Crippen MR) is 135 cm³/mol. The van der Waals surface area contributed by atoms with Gasteiger partial charge in [-0.1, -0.05) is 6.07 Å². The smallest absolute Gasteiger partial charge is 0.170 e. The Balaban J connectivity index is 1.20. The molecule has 0 spiro atoms. The zero-order chi connectivity index (χ0) is 23.7. The van der Waals surface area contributed by atoms with Gasteiger partial charge in [-0.25, -0.2) is 4.39 Å². The molecule has 1 unspecified atom stereocenters. The van der Waals surface area contributed by atoms with Crippen LogP contribution in [0.1, 0.15) is 30.0 Å². The summed E-state index contributed by atoms with van der Waals surface area (Å²) in [5.41, 5.74) is 4.49. The van der Waals surface area contributed by atoms with Crippen molar-refractivity contribution in [2.75, 3.05) is 25.0 Å². The number of hydrogen-bond acceptors (Lipinski definition) is 4. The summed E-state index contributed by atoms with van der Waals surface area (Å²) >= 11 is 5.49. The average Bonchev–Trinajstić information content (AvgIpc) is 3.25. The van der Waals surface area contributed by atoms with E-state index in [9.17, 15) is 4.39 Å². The molecule has 1 aromatic heterocycles. The number of rotatable bonds is 5. The number of aromatic nitrogens is 2. The summed E-state index contributed by atoms with van der Waals surface area (Å²) in [7, 11) is 2.00. The number of anilines is 1. The van der Waals surface area contributed by atoms with Crippen LogP contribution in [0.3, 0.4) is 0 Å². The molecule has 2 N–H and O–H groups in total. The Labute approximate surface area is 204 Å². The largest absolute Gasteiger partial charge is 0.361 e. The summed E-state index contributed by atoms with van der Waals surface area (Å²) in [6, 6.07) is 18.6. The summed E-state index contributed by atoms with van der Waals surface area (Å²) in [4.78, 5) is 2.56. The van der Waals surface area contributed by atoms with E-state index in [1.807, 2.05) is 23.9 Å². The Kier molecular flexibility index (Phi) is 6.31. The summed E-state index contributed by atoms with van der Waals surface area (Å²) in [5.74, 6) is 0.805. The predicted octanol–water partition coefficient (Wildman–Crippen LogP) is 4.26. The number of halogens is 1. The van der Waals surface area contributed by atoms with Crippen LogP contribution in [0.25, 0.3) is 11.3 Å². The highest BCUT2D eigenvalue weighted by Crippen LogP contribution is 2.42. The van der Waals surface area contributed by atoms with Crippen LogP contribution < -0.4 is 10.6 Å². The van der Waals surface area contributed by atoms with Gasteiger partial charge in [-0.2, -0.15) is 10.4 Å². The number of nitriles is 1. The summed E-state index contributed by atoms with van der Waals surface area (Å²) in [6.45, 7) is 2.89. The molecule has 174 valence electrons. The van der Waals surface area contributed by atoms with Gasteiger partial charge in [0.05, 0.1) is 17.3 Å². The van der Waals surface area contributed by atoms with Gasteiger partial charge in [-0.15, -0.1) is 0 Å². The molecule has 0 aliphatic carbocycles. The van der Waals surface area contributed by atoms with Gasteiger partial charge in [0, 0.05) is 49.0 Å². The second-order valence-corrected chi connectivity index (χ2v) is 9.56. The molecule has 3 aromatic rings. The molecule has 0 amide bonds. The van der Waals surface area contributed by atoms with Crippen molar-refractivity contribution >= 4 is 23.0 Å². The SMILES string of the molecule is Cn1nc(-c2ccc(F)cc2)cc1[C@@H]1CN2CC[C@H]1C[C@@H]2CNC(=S)Nc1cccc(C#N)c1. The molecule has 2 bridgehead atoms. The van der Waals surface area contributed by atoms with Crippen molar-refractivity contribution in [3.63, 3.8) is 0 Å². The number of fused-ring (bicyclic) bond motifs is 3. The van der Waals surface area contributed by atoms with Crippen molar-refractivity contribution in [3.05, 3.63) is 71.7 Å². The first-order valence-electron chi connectivity index (χ1n) is 11.6. The number of benzene rings is 2. The van der Waals surface area contributed by atoms with Gasteiger partial charge >= 0.3 is 0 Å². The number of nitrogens with zero attached hydrogens (tertiary/aromatic N) is 4. The Bertz CT molecular complexity index is 1230. The van der Waals surface area contributed by atoms with Gasteiger partial charge in [0.15, 0.2) is 5.11 Å². The van der Waals surface area contributed by atoms with E-state index >= 15 is 0 Å². The first kappa shape index (κ1) is 22.5. The molecular formula is C26H27FN6S. The Hall–Kier alpha value is -3.28. The van der Waals surface area contributed by atoms with Gasteiger partial charge in [0.25, 0.3) is 0 Å². The molecule has 0 saturated carbocycles. The zero-order valence-corrected chi connectivity index (χ0v) is 19.9. The number of nitrogens with one attached hydrogen (secondary N) is 2. The molecule has 3 saturated heterocycles. The van der Waals surface area contributed by atoms with Crippen LogP contribution >= 0.6 is 12.2 Å². The third kappa shape index (κ3) is 4.67. The van der Waals surface area contributed by atoms with E-state index in [1.165, 1.54) is 24.2 Å². The zero-order valence-electron chi connectivity index (χ0n) is 19.0. The number of piperidine rings is 3. The highest BCUT2D eigenvalue weighted by atomic mass is 32.1. The molecule has 0 radical (unpaired) electrons. The van der Waals surface area contributed by atoms with Crippen molar-refractivity contribution < 1.29 is 4.39 Å². The van der Waals surface area contributed by atoms with Crippen LogP contribution in [0, 0.1) is 23.1 Å². The van der Waals surface area contributed by atoms with E-state index in [1.54, 1.807) is 24.3 Å². The molecule has 4 heterocycles. The fraction of sp³-hybridized carbons (Fsp3) is 0.346. The first-order valence-corrected chi connectivity index (χ1v) is 12.0. The highest BCUT2D eigenvalue weighted by Gasteiger charge is 2.41. The van der Waals surface area contributed by atoms with Crippen LogP contribution in [0.2, 0.25) is 0 Å². The molecule has 2 aromatic carbocycles. The van der Waals surface area contributed by atoms with Crippen LogP contribution in [0.5, 0.6) is 0 Å². The quantitative estimate of drug-likeness (QED) is 0.539. The van der Waals surface area contributed by atoms with Crippen molar-refractivity contribution in [2.45, 2.75) is 24.8 Å². The van der Waals surface area contributed by atoms with E-state index in [-0.39, 0.29) is 5.82 Å². The number of aryl methyl sites for hydroxylation is 1. The van der Waals surface area contributed by atoms with Gasteiger partial charge in [-0.3, -0.25) is 9.58 Å². The minimum Gasteiger partial charge on any atom is -0.361 e. The second kappa shape index (κ2) is 9.53. The third-order valence-electron chi connectivity index (χ3n) is 7.06. The second-order valence-electron chi connectivity index (χ2n) is 9.15. The van der Waals surface area contributed by atoms with Crippen molar-refractivity contribution in [1.29, 1.82) is 5.26 Å².